The molecule has 0 aromatic carbocycles. The standard InChI is InChI=1S/C10H19N3O2/c11-10(12-14)9-4-1-5-13(9)8-3-2-6-15-7-8/h8-9,14H,1-7H2,(H2,11,12). The lowest BCUT2D eigenvalue weighted by molar-refractivity contribution is 0.0205. The second-order valence-electron chi connectivity index (χ2n) is 4.29. The van der Waals surface area contributed by atoms with E-state index in [-0.39, 0.29) is 6.04 Å². The van der Waals surface area contributed by atoms with Crippen LogP contribution in [-0.4, -0.2) is 47.8 Å². The van der Waals surface area contributed by atoms with E-state index in [9.17, 15) is 0 Å². The minimum atomic E-state index is 0.113. The van der Waals surface area contributed by atoms with Gasteiger partial charge in [-0.05, 0) is 32.2 Å². The van der Waals surface area contributed by atoms with E-state index in [4.69, 9.17) is 15.7 Å². The first kappa shape index (κ1) is 10.7. The summed E-state index contributed by atoms with van der Waals surface area (Å²) in [5.74, 6) is 0.345. The predicted molar refractivity (Wildman–Crippen MR) is 57.0 cm³/mol. The molecule has 86 valence electrons. The predicted octanol–water partition coefficient (Wildman–Crippen LogP) is 0.376. The van der Waals surface area contributed by atoms with Crippen LogP contribution in [0, 0.1) is 0 Å². The molecular weight excluding hydrogens is 194 g/mol. The summed E-state index contributed by atoms with van der Waals surface area (Å²) in [6.45, 7) is 2.70. The summed E-state index contributed by atoms with van der Waals surface area (Å²) in [6, 6.07) is 0.563. The smallest absolute Gasteiger partial charge is 0.156 e. The summed E-state index contributed by atoms with van der Waals surface area (Å²) in [5.41, 5.74) is 5.69. The minimum Gasteiger partial charge on any atom is -0.409 e. The molecule has 2 unspecified atom stereocenters. The van der Waals surface area contributed by atoms with Gasteiger partial charge in [-0.15, -0.1) is 0 Å². The molecular formula is C10H19N3O2. The third kappa shape index (κ3) is 2.23. The molecule has 3 N–H and O–H groups in total. The third-order valence-corrected chi connectivity index (χ3v) is 3.36. The number of nitrogens with two attached hydrogens (primary N) is 1. The highest BCUT2D eigenvalue weighted by atomic mass is 16.5. The molecule has 0 bridgehead atoms. The molecule has 2 aliphatic rings. The molecule has 0 aromatic rings. The van der Waals surface area contributed by atoms with Gasteiger partial charge in [0.2, 0.25) is 0 Å². The van der Waals surface area contributed by atoms with Crippen LogP contribution >= 0.6 is 0 Å². The van der Waals surface area contributed by atoms with Crippen molar-refractivity contribution < 1.29 is 9.94 Å². The Balaban J connectivity index is 2.00. The largest absolute Gasteiger partial charge is 0.409 e. The maximum Gasteiger partial charge on any atom is 0.156 e. The Labute approximate surface area is 89.9 Å². The summed E-state index contributed by atoms with van der Waals surface area (Å²) in [4.78, 5) is 2.33. The number of oxime groups is 1. The molecule has 2 heterocycles. The number of ether oxygens (including phenoxy) is 1. The molecule has 0 amide bonds. The molecule has 0 aromatic heterocycles. The van der Waals surface area contributed by atoms with Crippen LogP contribution in [0.15, 0.2) is 5.16 Å². The Bertz CT molecular complexity index is 239. The van der Waals surface area contributed by atoms with E-state index in [0.29, 0.717) is 11.9 Å². The molecule has 5 nitrogen and oxygen atoms in total. The zero-order chi connectivity index (χ0) is 10.7. The first-order valence-electron chi connectivity index (χ1n) is 5.64. The number of hydrogen-bond acceptors (Lipinski definition) is 4. The van der Waals surface area contributed by atoms with Gasteiger partial charge in [-0.25, -0.2) is 0 Å². The molecule has 0 saturated carbocycles. The number of amidine groups is 1. The summed E-state index contributed by atoms with van der Waals surface area (Å²) in [5, 5.41) is 11.8. The van der Waals surface area contributed by atoms with Gasteiger partial charge in [0.25, 0.3) is 0 Å². The third-order valence-electron chi connectivity index (χ3n) is 3.36. The fraction of sp³-hybridized carbons (Fsp3) is 0.900. The molecule has 2 rings (SSSR count). The molecule has 2 fully saturated rings. The van der Waals surface area contributed by atoms with Gasteiger partial charge in [0, 0.05) is 12.6 Å². The average Bonchev–Trinajstić information content (AvgIpc) is 2.78. The highest BCUT2D eigenvalue weighted by Crippen LogP contribution is 2.24. The fourth-order valence-corrected chi connectivity index (χ4v) is 2.60. The second kappa shape index (κ2) is 4.81. The highest BCUT2D eigenvalue weighted by Gasteiger charge is 2.34. The van der Waals surface area contributed by atoms with Gasteiger partial charge in [-0.3, -0.25) is 4.90 Å². The fourth-order valence-electron chi connectivity index (χ4n) is 2.60. The van der Waals surface area contributed by atoms with Gasteiger partial charge in [0.15, 0.2) is 5.84 Å². The SMILES string of the molecule is NC(=NO)C1CCCN1C1CCCOC1. The van der Waals surface area contributed by atoms with Crippen molar-refractivity contribution in [2.45, 2.75) is 37.8 Å². The Morgan fingerprint density at radius 3 is 2.93 bits per heavy atom. The lowest BCUT2D eigenvalue weighted by Gasteiger charge is -2.34. The van der Waals surface area contributed by atoms with Crippen molar-refractivity contribution in [1.29, 1.82) is 0 Å². The molecule has 15 heavy (non-hydrogen) atoms. The Morgan fingerprint density at radius 2 is 2.27 bits per heavy atom. The van der Waals surface area contributed by atoms with Gasteiger partial charge in [0.1, 0.15) is 0 Å². The molecule has 0 spiro atoms. The number of nitrogens with zero attached hydrogens (tertiary/aromatic N) is 2. The van der Waals surface area contributed by atoms with Crippen molar-refractivity contribution in [3.63, 3.8) is 0 Å². The normalized spacial score (nSPS) is 34.5. The van der Waals surface area contributed by atoms with E-state index >= 15 is 0 Å². The number of likely N-dealkylation sites (tertiary alicyclic amines) is 1. The van der Waals surface area contributed by atoms with Gasteiger partial charge in [0.05, 0.1) is 12.6 Å². The zero-order valence-corrected chi connectivity index (χ0v) is 8.93. The van der Waals surface area contributed by atoms with Crippen LogP contribution in [-0.2, 0) is 4.74 Å². The van der Waals surface area contributed by atoms with Crippen LogP contribution in [0.1, 0.15) is 25.7 Å². The maximum absolute atomic E-state index is 8.72. The first-order chi connectivity index (χ1) is 7.33. The van der Waals surface area contributed by atoms with Crippen molar-refractivity contribution in [3.05, 3.63) is 0 Å². The summed E-state index contributed by atoms with van der Waals surface area (Å²) >= 11 is 0. The van der Waals surface area contributed by atoms with E-state index in [1.54, 1.807) is 0 Å². The van der Waals surface area contributed by atoms with Gasteiger partial charge < -0.3 is 15.7 Å². The summed E-state index contributed by atoms with van der Waals surface area (Å²) in [7, 11) is 0. The molecule has 2 atom stereocenters. The molecule has 2 saturated heterocycles. The Hall–Kier alpha value is -0.810. The van der Waals surface area contributed by atoms with Crippen LogP contribution in [0.3, 0.4) is 0 Å². The van der Waals surface area contributed by atoms with E-state index in [1.807, 2.05) is 0 Å². The van der Waals surface area contributed by atoms with Crippen molar-refractivity contribution >= 4 is 5.84 Å². The minimum absolute atomic E-state index is 0.113. The summed E-state index contributed by atoms with van der Waals surface area (Å²) < 4.78 is 5.47. The molecule has 0 radical (unpaired) electrons. The van der Waals surface area contributed by atoms with Gasteiger partial charge >= 0.3 is 0 Å². The zero-order valence-electron chi connectivity index (χ0n) is 8.93. The first-order valence-corrected chi connectivity index (χ1v) is 5.64. The lowest BCUT2D eigenvalue weighted by atomic mass is 10.1. The lowest BCUT2D eigenvalue weighted by Crippen LogP contribution is -2.49. The molecule has 2 aliphatic heterocycles. The average molecular weight is 213 g/mol. The maximum atomic E-state index is 8.72. The molecule has 5 heteroatoms. The van der Waals surface area contributed by atoms with E-state index in [1.165, 1.54) is 0 Å². The number of hydrogen-bond donors (Lipinski definition) is 2. The van der Waals surface area contributed by atoms with Crippen molar-refractivity contribution in [2.75, 3.05) is 19.8 Å². The van der Waals surface area contributed by atoms with Crippen LogP contribution in [0.4, 0.5) is 0 Å². The number of rotatable bonds is 2. The summed E-state index contributed by atoms with van der Waals surface area (Å²) in [6.07, 6.45) is 4.39. The monoisotopic (exact) mass is 213 g/mol. The van der Waals surface area contributed by atoms with Crippen LogP contribution in [0.25, 0.3) is 0 Å². The molecule has 0 aliphatic carbocycles. The topological polar surface area (TPSA) is 71.1 Å². The Morgan fingerprint density at radius 1 is 1.40 bits per heavy atom. The van der Waals surface area contributed by atoms with Crippen molar-refractivity contribution in [2.24, 2.45) is 10.9 Å². The van der Waals surface area contributed by atoms with Crippen LogP contribution in [0.5, 0.6) is 0 Å². The van der Waals surface area contributed by atoms with E-state index < -0.39 is 0 Å². The van der Waals surface area contributed by atoms with Gasteiger partial charge in [-0.1, -0.05) is 5.16 Å². The van der Waals surface area contributed by atoms with Crippen LogP contribution in [0.2, 0.25) is 0 Å². The van der Waals surface area contributed by atoms with Crippen molar-refractivity contribution in [1.82, 2.24) is 4.90 Å². The van der Waals surface area contributed by atoms with E-state index in [2.05, 4.69) is 10.1 Å². The van der Waals surface area contributed by atoms with E-state index in [0.717, 1.165) is 45.4 Å². The van der Waals surface area contributed by atoms with Crippen molar-refractivity contribution in [3.8, 4) is 0 Å². The highest BCUT2D eigenvalue weighted by molar-refractivity contribution is 5.85. The van der Waals surface area contributed by atoms with Crippen LogP contribution < -0.4 is 5.73 Å². The van der Waals surface area contributed by atoms with Gasteiger partial charge in [-0.2, -0.15) is 0 Å². The second-order valence-corrected chi connectivity index (χ2v) is 4.29. The quantitative estimate of drug-likeness (QED) is 0.301. The Kier molecular flexibility index (Phi) is 3.43.